The van der Waals surface area contributed by atoms with Gasteiger partial charge in [0, 0.05) is 0 Å². The van der Waals surface area contributed by atoms with Gasteiger partial charge in [-0.05, 0) is 37.3 Å². The summed E-state index contributed by atoms with van der Waals surface area (Å²) in [5, 5.41) is 9.38. The van der Waals surface area contributed by atoms with Crippen LogP contribution in [0, 0.1) is 23.7 Å². The Labute approximate surface area is 137 Å². The smallest absolute Gasteiger partial charge is 0.213 e. The van der Waals surface area contributed by atoms with Crippen LogP contribution in [0.25, 0.3) is 0 Å². The second-order valence-corrected chi connectivity index (χ2v) is 8.51. The van der Waals surface area contributed by atoms with E-state index in [0.29, 0.717) is 25.9 Å². The van der Waals surface area contributed by atoms with E-state index in [1.807, 2.05) is 25.1 Å². The summed E-state index contributed by atoms with van der Waals surface area (Å²) in [5.74, 6) is 0.764. The molecule has 1 atom stereocenters. The van der Waals surface area contributed by atoms with Crippen LogP contribution in [-0.4, -0.2) is 26.8 Å². The van der Waals surface area contributed by atoms with Crippen LogP contribution in [0.1, 0.15) is 36.8 Å². The molecule has 0 radical (unpaired) electrons. The van der Waals surface area contributed by atoms with Crippen molar-refractivity contribution in [2.75, 3.05) is 12.4 Å². The van der Waals surface area contributed by atoms with Gasteiger partial charge in [-0.15, -0.1) is 0 Å². The number of nitriles is 1. The average molecular weight is 334 g/mol. The second-order valence-electron chi connectivity index (χ2n) is 6.75. The minimum Gasteiger partial charge on any atom is -0.491 e. The maximum atomic E-state index is 12.5. The molecule has 23 heavy (non-hydrogen) atoms. The van der Waals surface area contributed by atoms with Gasteiger partial charge >= 0.3 is 0 Å². The quantitative estimate of drug-likeness (QED) is 0.916. The predicted octanol–water partition coefficient (Wildman–Crippen LogP) is 2.30. The molecule has 0 aromatic heterocycles. The first-order valence-electron chi connectivity index (χ1n) is 8.06. The molecule has 6 heteroatoms. The number of hydrogen-bond donors (Lipinski definition) is 1. The Morgan fingerprint density at radius 1 is 1.39 bits per heavy atom. The SMILES string of the molecule is Cc1cccc2c1OCC(NS(=O)(=O)CC1(C#N)CCCC1)C2. The highest BCUT2D eigenvalue weighted by molar-refractivity contribution is 7.89. The van der Waals surface area contributed by atoms with Gasteiger partial charge in [0.15, 0.2) is 0 Å². The second kappa shape index (κ2) is 6.14. The predicted molar refractivity (Wildman–Crippen MR) is 87.6 cm³/mol. The van der Waals surface area contributed by atoms with E-state index >= 15 is 0 Å². The first kappa shape index (κ1) is 16.3. The molecule has 0 saturated heterocycles. The Bertz CT molecular complexity index is 731. The minimum absolute atomic E-state index is 0.103. The largest absolute Gasteiger partial charge is 0.491 e. The molecule has 0 bridgehead atoms. The third-order valence-corrected chi connectivity index (χ3v) is 6.42. The van der Waals surface area contributed by atoms with E-state index in [0.717, 1.165) is 29.7 Å². The Kier molecular flexibility index (Phi) is 4.35. The Morgan fingerprint density at radius 2 is 2.13 bits per heavy atom. The van der Waals surface area contributed by atoms with Crippen LogP contribution in [0.4, 0.5) is 0 Å². The molecule has 1 aromatic carbocycles. The number of nitrogens with one attached hydrogen (secondary N) is 1. The van der Waals surface area contributed by atoms with Gasteiger partial charge in [-0.2, -0.15) is 5.26 Å². The van der Waals surface area contributed by atoms with Gasteiger partial charge in [0.1, 0.15) is 12.4 Å². The lowest BCUT2D eigenvalue weighted by Crippen LogP contribution is -2.45. The highest BCUT2D eigenvalue weighted by Gasteiger charge is 2.39. The van der Waals surface area contributed by atoms with Crippen molar-refractivity contribution >= 4 is 10.0 Å². The summed E-state index contributed by atoms with van der Waals surface area (Å²) < 4.78 is 33.4. The number of ether oxygens (including phenoxy) is 1. The molecular weight excluding hydrogens is 312 g/mol. The third kappa shape index (κ3) is 3.51. The van der Waals surface area contributed by atoms with Crippen molar-refractivity contribution in [3.05, 3.63) is 29.3 Å². The molecule has 1 fully saturated rings. The highest BCUT2D eigenvalue weighted by Crippen LogP contribution is 2.38. The van der Waals surface area contributed by atoms with Gasteiger partial charge in [-0.25, -0.2) is 13.1 Å². The molecule has 1 aromatic rings. The summed E-state index contributed by atoms with van der Waals surface area (Å²) in [6.07, 6.45) is 3.83. The van der Waals surface area contributed by atoms with Crippen molar-refractivity contribution < 1.29 is 13.2 Å². The van der Waals surface area contributed by atoms with Crippen molar-refractivity contribution in [1.82, 2.24) is 4.72 Å². The number of hydrogen-bond acceptors (Lipinski definition) is 4. The van der Waals surface area contributed by atoms with Crippen molar-refractivity contribution in [2.24, 2.45) is 5.41 Å². The summed E-state index contributed by atoms with van der Waals surface area (Å²) in [7, 11) is -3.50. The van der Waals surface area contributed by atoms with Crippen LogP contribution in [0.2, 0.25) is 0 Å². The fourth-order valence-electron chi connectivity index (χ4n) is 3.66. The van der Waals surface area contributed by atoms with Crippen LogP contribution < -0.4 is 9.46 Å². The summed E-state index contributed by atoms with van der Waals surface area (Å²) in [6, 6.07) is 7.88. The number of fused-ring (bicyclic) bond motifs is 1. The molecule has 5 nitrogen and oxygen atoms in total. The van der Waals surface area contributed by atoms with Crippen LogP contribution in [0.3, 0.4) is 0 Å². The molecule has 124 valence electrons. The minimum atomic E-state index is -3.50. The van der Waals surface area contributed by atoms with E-state index in [1.165, 1.54) is 0 Å². The van der Waals surface area contributed by atoms with Crippen LogP contribution in [-0.2, 0) is 16.4 Å². The number of sulfonamides is 1. The zero-order chi connectivity index (χ0) is 16.5. The van der Waals surface area contributed by atoms with Gasteiger partial charge in [0.2, 0.25) is 10.0 Å². The number of rotatable bonds is 4. The van der Waals surface area contributed by atoms with Gasteiger partial charge in [-0.1, -0.05) is 31.0 Å². The van der Waals surface area contributed by atoms with Gasteiger partial charge in [-0.3, -0.25) is 0 Å². The lowest BCUT2D eigenvalue weighted by atomic mass is 9.91. The van der Waals surface area contributed by atoms with Crippen LogP contribution >= 0.6 is 0 Å². The zero-order valence-corrected chi connectivity index (χ0v) is 14.2. The van der Waals surface area contributed by atoms with Crippen LogP contribution in [0.5, 0.6) is 5.75 Å². The Morgan fingerprint density at radius 3 is 2.83 bits per heavy atom. The van der Waals surface area contributed by atoms with Gasteiger partial charge < -0.3 is 4.74 Å². The maximum absolute atomic E-state index is 12.5. The molecule has 0 spiro atoms. The van der Waals surface area contributed by atoms with E-state index in [2.05, 4.69) is 10.8 Å². The van der Waals surface area contributed by atoms with Gasteiger partial charge in [0.25, 0.3) is 0 Å². The maximum Gasteiger partial charge on any atom is 0.213 e. The molecule has 1 N–H and O–H groups in total. The van der Waals surface area contributed by atoms with E-state index in [-0.39, 0.29) is 11.8 Å². The molecule has 1 aliphatic heterocycles. The van der Waals surface area contributed by atoms with E-state index in [1.54, 1.807) is 0 Å². The molecule has 1 heterocycles. The molecule has 1 aliphatic carbocycles. The number of benzene rings is 1. The standard InChI is InChI=1S/C17H22N2O3S/c1-13-5-4-6-14-9-15(10-22-16(13)14)19-23(20,21)12-17(11-18)7-2-3-8-17/h4-6,15,19H,2-3,7-10,12H2,1H3. The monoisotopic (exact) mass is 334 g/mol. The van der Waals surface area contributed by atoms with Crippen LogP contribution in [0.15, 0.2) is 18.2 Å². The zero-order valence-electron chi connectivity index (χ0n) is 13.3. The number of nitrogens with zero attached hydrogens (tertiary/aromatic N) is 1. The molecule has 1 unspecified atom stereocenters. The Hall–Kier alpha value is -1.58. The molecule has 0 amide bonds. The van der Waals surface area contributed by atoms with Crippen molar-refractivity contribution in [1.29, 1.82) is 5.26 Å². The summed E-state index contributed by atoms with van der Waals surface area (Å²) in [6.45, 7) is 2.32. The van der Waals surface area contributed by atoms with Crippen molar-refractivity contribution in [3.8, 4) is 11.8 Å². The normalized spacial score (nSPS) is 22.9. The first-order valence-corrected chi connectivity index (χ1v) is 9.71. The molecule has 3 rings (SSSR count). The van der Waals surface area contributed by atoms with Crippen molar-refractivity contribution in [2.45, 2.75) is 45.1 Å². The molecule has 1 saturated carbocycles. The third-order valence-electron chi connectivity index (χ3n) is 4.80. The summed E-state index contributed by atoms with van der Waals surface area (Å²) in [5.41, 5.74) is 1.38. The summed E-state index contributed by atoms with van der Waals surface area (Å²) >= 11 is 0. The fourth-order valence-corrected chi connectivity index (χ4v) is 5.49. The van der Waals surface area contributed by atoms with Crippen molar-refractivity contribution in [3.63, 3.8) is 0 Å². The number of aryl methyl sites for hydroxylation is 1. The summed E-state index contributed by atoms with van der Waals surface area (Å²) in [4.78, 5) is 0. The molecule has 2 aliphatic rings. The lowest BCUT2D eigenvalue weighted by Gasteiger charge is -2.28. The number of para-hydroxylation sites is 1. The Balaban J connectivity index is 1.69. The van der Waals surface area contributed by atoms with E-state index in [9.17, 15) is 13.7 Å². The average Bonchev–Trinajstić information content (AvgIpc) is 2.95. The first-order chi connectivity index (χ1) is 10.9. The highest BCUT2D eigenvalue weighted by atomic mass is 32.2. The van der Waals surface area contributed by atoms with E-state index in [4.69, 9.17) is 4.74 Å². The lowest BCUT2D eigenvalue weighted by molar-refractivity contribution is 0.252. The fraction of sp³-hybridized carbons (Fsp3) is 0.588. The van der Waals surface area contributed by atoms with E-state index < -0.39 is 15.4 Å². The topological polar surface area (TPSA) is 79.2 Å². The van der Waals surface area contributed by atoms with Gasteiger partial charge in [0.05, 0.1) is 23.3 Å². The molecular formula is C17H22N2O3S.